The first-order chi connectivity index (χ1) is 10.1. The average molecular weight is 287 g/mol. The fourth-order valence-electron chi connectivity index (χ4n) is 2.68. The summed E-state index contributed by atoms with van der Waals surface area (Å²) in [5, 5.41) is 8.86. The minimum absolute atomic E-state index is 0.541. The Bertz CT molecular complexity index is 762. The summed E-state index contributed by atoms with van der Waals surface area (Å²) in [4.78, 5) is 4.50. The number of nitrogens with zero attached hydrogens (tertiary/aromatic N) is 6. The van der Waals surface area contributed by atoms with Gasteiger partial charge >= 0.3 is 0 Å². The Balaban J connectivity index is 1.92. The van der Waals surface area contributed by atoms with Crippen LogP contribution in [0.3, 0.4) is 0 Å². The Morgan fingerprint density at radius 2 is 2.10 bits per heavy atom. The summed E-state index contributed by atoms with van der Waals surface area (Å²) in [5.74, 6) is 0.541. The lowest BCUT2D eigenvalue weighted by Gasteiger charge is -2.07. The van der Waals surface area contributed by atoms with Gasteiger partial charge in [0.05, 0.1) is 18.4 Å². The van der Waals surface area contributed by atoms with E-state index in [1.165, 1.54) is 0 Å². The van der Waals surface area contributed by atoms with E-state index in [1.807, 2.05) is 40.3 Å². The zero-order valence-electron chi connectivity index (χ0n) is 12.7. The van der Waals surface area contributed by atoms with Crippen molar-refractivity contribution >= 4 is 17.1 Å². The molecule has 2 N–H and O–H groups in total. The van der Waals surface area contributed by atoms with Gasteiger partial charge in [-0.15, -0.1) is 0 Å². The number of hydrogen-bond donors (Lipinski definition) is 1. The van der Waals surface area contributed by atoms with Crippen molar-refractivity contribution in [2.75, 3.05) is 5.73 Å². The quantitative estimate of drug-likeness (QED) is 0.771. The zero-order valence-corrected chi connectivity index (χ0v) is 12.7. The molecule has 3 heterocycles. The van der Waals surface area contributed by atoms with E-state index in [9.17, 15) is 0 Å². The first kappa shape index (κ1) is 13.7. The number of hydrogen-bond acceptors (Lipinski definition) is 4. The second-order valence-corrected chi connectivity index (χ2v) is 5.39. The van der Waals surface area contributed by atoms with Gasteiger partial charge in [0.2, 0.25) is 5.95 Å². The largest absolute Gasteiger partial charge is 0.369 e. The van der Waals surface area contributed by atoms with Crippen LogP contribution in [0.1, 0.15) is 24.6 Å². The third-order valence-corrected chi connectivity index (χ3v) is 3.62. The van der Waals surface area contributed by atoms with Crippen molar-refractivity contribution in [3.63, 3.8) is 0 Å². The minimum Gasteiger partial charge on any atom is -0.369 e. The summed E-state index contributed by atoms with van der Waals surface area (Å²) >= 11 is 0. The molecule has 0 aliphatic heterocycles. The van der Waals surface area contributed by atoms with E-state index in [4.69, 9.17) is 5.73 Å². The number of nitrogen functional groups attached to an aromatic ring is 1. The number of aryl methyl sites for hydroxylation is 5. The topological polar surface area (TPSA) is 79.5 Å². The monoisotopic (exact) mass is 287 g/mol. The van der Waals surface area contributed by atoms with Gasteiger partial charge in [0.15, 0.2) is 5.65 Å². The van der Waals surface area contributed by atoms with Crippen LogP contribution in [0.15, 0.2) is 12.4 Å². The second-order valence-electron chi connectivity index (χ2n) is 5.39. The lowest BCUT2D eigenvalue weighted by molar-refractivity contribution is 0.537. The summed E-state index contributed by atoms with van der Waals surface area (Å²) in [5.41, 5.74) is 10.2. The molecule has 0 saturated heterocycles. The van der Waals surface area contributed by atoms with Crippen molar-refractivity contribution in [2.24, 2.45) is 7.05 Å². The van der Waals surface area contributed by atoms with Gasteiger partial charge in [-0.3, -0.25) is 13.9 Å². The van der Waals surface area contributed by atoms with Crippen molar-refractivity contribution in [1.29, 1.82) is 0 Å². The zero-order chi connectivity index (χ0) is 15.0. The van der Waals surface area contributed by atoms with Gasteiger partial charge < -0.3 is 5.73 Å². The summed E-state index contributed by atoms with van der Waals surface area (Å²) < 4.78 is 5.81. The van der Waals surface area contributed by atoms with E-state index < -0.39 is 0 Å². The summed E-state index contributed by atoms with van der Waals surface area (Å²) in [6, 6.07) is 0. The molecule has 0 aliphatic rings. The summed E-state index contributed by atoms with van der Waals surface area (Å²) in [6.07, 6.45) is 5.85. The van der Waals surface area contributed by atoms with Crippen LogP contribution in [0.25, 0.3) is 11.2 Å². The number of rotatable bonds is 5. The molecule has 0 amide bonds. The van der Waals surface area contributed by atoms with E-state index in [0.29, 0.717) is 5.95 Å². The van der Waals surface area contributed by atoms with Crippen LogP contribution in [-0.2, 0) is 26.6 Å². The first-order valence-electron chi connectivity index (χ1n) is 7.26. The van der Waals surface area contributed by atoms with Crippen molar-refractivity contribution in [2.45, 2.75) is 39.8 Å². The van der Waals surface area contributed by atoms with Crippen molar-refractivity contribution in [3.8, 4) is 0 Å². The normalized spacial score (nSPS) is 11.6. The van der Waals surface area contributed by atoms with Gasteiger partial charge in [-0.2, -0.15) is 10.2 Å². The third kappa shape index (κ3) is 2.39. The van der Waals surface area contributed by atoms with Gasteiger partial charge in [0.25, 0.3) is 0 Å². The van der Waals surface area contributed by atoms with Crippen molar-refractivity contribution < 1.29 is 0 Å². The molecule has 0 atom stereocenters. The molecule has 3 aromatic heterocycles. The molecule has 3 aromatic rings. The summed E-state index contributed by atoms with van der Waals surface area (Å²) in [7, 11) is 1.94. The number of anilines is 1. The molecule has 7 nitrogen and oxygen atoms in total. The Morgan fingerprint density at radius 1 is 1.29 bits per heavy atom. The van der Waals surface area contributed by atoms with Crippen molar-refractivity contribution in [1.82, 2.24) is 29.1 Å². The maximum atomic E-state index is 6.08. The van der Waals surface area contributed by atoms with Crippen LogP contribution in [0, 0.1) is 6.92 Å². The van der Waals surface area contributed by atoms with Gasteiger partial charge in [-0.25, -0.2) is 4.98 Å². The number of fused-ring (bicyclic) bond motifs is 1. The number of aromatic nitrogens is 6. The molecule has 0 unspecified atom stereocenters. The molecule has 112 valence electrons. The standard InChI is InChI=1S/C14H21N7/c1-4-5-11-12-13(19(3)18-11)21(14(15)17-12)7-6-20-9-10(2)8-16-20/h8-9H,4-7H2,1-3H3,(H2,15,17). The molecule has 0 aliphatic carbocycles. The van der Waals surface area contributed by atoms with Crippen LogP contribution in [0.4, 0.5) is 5.95 Å². The molecular formula is C14H21N7. The van der Waals surface area contributed by atoms with E-state index in [0.717, 1.165) is 48.4 Å². The van der Waals surface area contributed by atoms with Gasteiger partial charge in [0, 0.05) is 19.8 Å². The predicted molar refractivity (Wildman–Crippen MR) is 81.9 cm³/mol. The molecule has 0 radical (unpaired) electrons. The van der Waals surface area contributed by atoms with Gasteiger partial charge in [0.1, 0.15) is 5.52 Å². The average Bonchev–Trinajstić information content (AvgIpc) is 3.07. The lowest BCUT2D eigenvalue weighted by Crippen LogP contribution is -2.12. The third-order valence-electron chi connectivity index (χ3n) is 3.62. The summed E-state index contributed by atoms with van der Waals surface area (Å²) in [6.45, 7) is 5.67. The highest BCUT2D eigenvalue weighted by Crippen LogP contribution is 2.21. The van der Waals surface area contributed by atoms with Gasteiger partial charge in [-0.05, 0) is 18.9 Å². The highest BCUT2D eigenvalue weighted by atomic mass is 15.4. The molecule has 0 bridgehead atoms. The fourth-order valence-corrected chi connectivity index (χ4v) is 2.68. The Labute approximate surface area is 123 Å². The van der Waals surface area contributed by atoms with E-state index in [2.05, 4.69) is 22.1 Å². The van der Waals surface area contributed by atoms with Crippen LogP contribution < -0.4 is 5.73 Å². The lowest BCUT2D eigenvalue weighted by atomic mass is 10.2. The van der Waals surface area contributed by atoms with Crippen LogP contribution in [0.5, 0.6) is 0 Å². The van der Waals surface area contributed by atoms with Crippen LogP contribution in [-0.4, -0.2) is 29.1 Å². The number of imidazole rings is 1. The predicted octanol–water partition coefficient (Wildman–Crippen LogP) is 1.51. The minimum atomic E-state index is 0.541. The van der Waals surface area contributed by atoms with Crippen molar-refractivity contribution in [3.05, 3.63) is 23.7 Å². The Hall–Kier alpha value is -2.31. The van der Waals surface area contributed by atoms with Gasteiger partial charge in [-0.1, -0.05) is 13.3 Å². The molecule has 3 rings (SSSR count). The van der Waals surface area contributed by atoms with E-state index in [-0.39, 0.29) is 0 Å². The van der Waals surface area contributed by atoms with Crippen LogP contribution in [0.2, 0.25) is 0 Å². The number of nitrogens with two attached hydrogens (primary N) is 1. The Morgan fingerprint density at radius 3 is 2.76 bits per heavy atom. The Kier molecular flexibility index (Phi) is 3.40. The smallest absolute Gasteiger partial charge is 0.202 e. The molecule has 21 heavy (non-hydrogen) atoms. The maximum Gasteiger partial charge on any atom is 0.202 e. The maximum absolute atomic E-state index is 6.08. The molecule has 0 aromatic carbocycles. The fraction of sp³-hybridized carbons (Fsp3) is 0.500. The SMILES string of the molecule is CCCc1nn(C)c2c1nc(N)n2CCn1cc(C)cn1. The molecule has 0 fully saturated rings. The highest BCUT2D eigenvalue weighted by Gasteiger charge is 2.17. The molecule has 7 heteroatoms. The van der Waals surface area contributed by atoms with E-state index in [1.54, 1.807) is 0 Å². The second kappa shape index (κ2) is 5.23. The molecule has 0 spiro atoms. The van der Waals surface area contributed by atoms with Crippen LogP contribution >= 0.6 is 0 Å². The van der Waals surface area contributed by atoms with E-state index >= 15 is 0 Å². The molecule has 0 saturated carbocycles. The first-order valence-corrected chi connectivity index (χ1v) is 7.26. The highest BCUT2D eigenvalue weighted by molar-refractivity contribution is 5.77. The molecular weight excluding hydrogens is 266 g/mol.